The lowest BCUT2D eigenvalue weighted by atomic mass is 9.95. The monoisotopic (exact) mass is 412 g/mol. The summed E-state index contributed by atoms with van der Waals surface area (Å²) in [4.78, 5) is 0. The number of aromatic hydroxyl groups is 1. The van der Waals surface area contributed by atoms with E-state index >= 15 is 0 Å². The highest BCUT2D eigenvalue weighted by Gasteiger charge is 2.17. The Labute approximate surface area is 147 Å². The average molecular weight is 412 g/mol. The minimum atomic E-state index is 0.261. The Morgan fingerprint density at radius 1 is 0.870 bits per heavy atom. The smallest absolute Gasteiger partial charge is 0.124 e. The molecule has 4 rings (SSSR count). The number of nitrogens with zero attached hydrogens (tertiary/aromatic N) is 1. The molecule has 4 heteroatoms. The van der Waals surface area contributed by atoms with E-state index in [1.165, 1.54) is 0 Å². The van der Waals surface area contributed by atoms with Gasteiger partial charge in [0.25, 0.3) is 0 Å². The Hall–Kier alpha value is -2.34. The fourth-order valence-electron chi connectivity index (χ4n) is 2.89. The van der Waals surface area contributed by atoms with Crippen molar-refractivity contribution in [3.05, 3.63) is 70.4 Å². The number of halogens is 1. The van der Waals surface area contributed by atoms with Crippen molar-refractivity contribution in [2.75, 3.05) is 0 Å². The molecule has 0 unspecified atom stereocenters. The molecule has 2 N–H and O–H groups in total. The van der Waals surface area contributed by atoms with Gasteiger partial charge in [0.2, 0.25) is 0 Å². The van der Waals surface area contributed by atoms with Crippen LogP contribution < -0.4 is 0 Å². The first kappa shape index (κ1) is 14.3. The largest absolute Gasteiger partial charge is 0.507 e. The molecular weight excluding hydrogens is 399 g/mol. The minimum absolute atomic E-state index is 0.261. The van der Waals surface area contributed by atoms with Crippen LogP contribution in [0.5, 0.6) is 5.75 Å². The van der Waals surface area contributed by atoms with Gasteiger partial charge < -0.3 is 5.11 Å². The molecule has 0 atom stereocenters. The normalized spacial score (nSPS) is 11.0. The Balaban J connectivity index is 2.03. The molecule has 1 heterocycles. The summed E-state index contributed by atoms with van der Waals surface area (Å²) >= 11 is 2.31. The fourth-order valence-corrected chi connectivity index (χ4v) is 3.55. The number of hydrogen-bond donors (Lipinski definition) is 2. The quantitative estimate of drug-likeness (QED) is 0.445. The van der Waals surface area contributed by atoms with Crippen molar-refractivity contribution in [3.8, 4) is 28.1 Å². The van der Waals surface area contributed by atoms with E-state index < -0.39 is 0 Å². The molecule has 3 nitrogen and oxygen atoms in total. The predicted molar refractivity (Wildman–Crippen MR) is 101 cm³/mol. The molecule has 4 aromatic rings. The molecule has 23 heavy (non-hydrogen) atoms. The molecule has 0 aliphatic rings. The maximum atomic E-state index is 10.5. The van der Waals surface area contributed by atoms with Gasteiger partial charge in [-0.05, 0) is 45.5 Å². The molecule has 0 aliphatic carbocycles. The molecule has 0 saturated heterocycles. The molecule has 0 saturated carbocycles. The maximum absolute atomic E-state index is 10.5. The van der Waals surface area contributed by atoms with Gasteiger partial charge in [-0.1, -0.05) is 48.5 Å². The van der Waals surface area contributed by atoms with Crippen LogP contribution in [0.3, 0.4) is 0 Å². The van der Waals surface area contributed by atoms with Crippen molar-refractivity contribution in [3.63, 3.8) is 0 Å². The summed E-state index contributed by atoms with van der Waals surface area (Å²) < 4.78 is 1.13. The number of hydrogen-bond acceptors (Lipinski definition) is 2. The number of aromatic nitrogens is 2. The lowest BCUT2D eigenvalue weighted by molar-refractivity contribution is 0.478. The Bertz CT molecular complexity index is 1010. The van der Waals surface area contributed by atoms with Gasteiger partial charge in [-0.3, -0.25) is 5.10 Å². The average Bonchev–Trinajstić information content (AvgIpc) is 3.04. The standard InChI is InChI=1S/C19H13IN2O/c20-16-8-4-3-7-14(16)19-15(11-21-22-19)18-13-6-2-1-5-12(13)9-10-17(18)23/h1-11,23H,(H,21,22). The first-order valence-corrected chi connectivity index (χ1v) is 8.33. The van der Waals surface area contributed by atoms with Crippen molar-refractivity contribution in [2.45, 2.75) is 0 Å². The van der Waals surface area contributed by atoms with Gasteiger partial charge in [0.05, 0.1) is 11.9 Å². The molecule has 0 fully saturated rings. The van der Waals surface area contributed by atoms with Gasteiger partial charge >= 0.3 is 0 Å². The lowest BCUT2D eigenvalue weighted by Gasteiger charge is -2.10. The van der Waals surface area contributed by atoms with Crippen LogP contribution in [0.15, 0.2) is 66.9 Å². The van der Waals surface area contributed by atoms with E-state index in [1.54, 1.807) is 12.3 Å². The molecule has 0 spiro atoms. The Kier molecular flexibility index (Phi) is 3.53. The topological polar surface area (TPSA) is 48.9 Å². The van der Waals surface area contributed by atoms with E-state index in [2.05, 4.69) is 44.9 Å². The van der Waals surface area contributed by atoms with E-state index in [0.717, 1.165) is 36.7 Å². The number of rotatable bonds is 2. The first-order chi connectivity index (χ1) is 11.3. The summed E-state index contributed by atoms with van der Waals surface area (Å²) in [5, 5.41) is 19.9. The summed E-state index contributed by atoms with van der Waals surface area (Å²) in [7, 11) is 0. The second-order valence-corrected chi connectivity index (χ2v) is 6.48. The molecule has 0 bridgehead atoms. The highest BCUT2D eigenvalue weighted by Crippen LogP contribution is 2.41. The Morgan fingerprint density at radius 2 is 1.65 bits per heavy atom. The zero-order valence-corrected chi connectivity index (χ0v) is 14.3. The molecule has 0 amide bonds. The maximum Gasteiger partial charge on any atom is 0.124 e. The molecule has 112 valence electrons. The second kappa shape index (κ2) is 5.70. The third-order valence-corrected chi connectivity index (χ3v) is 4.90. The van der Waals surface area contributed by atoms with Crippen LogP contribution in [-0.4, -0.2) is 15.3 Å². The molecule has 0 radical (unpaired) electrons. The van der Waals surface area contributed by atoms with Crippen LogP contribution in [0.2, 0.25) is 0 Å². The number of phenols is 1. The molecular formula is C19H13IN2O. The van der Waals surface area contributed by atoms with E-state index in [9.17, 15) is 5.11 Å². The van der Waals surface area contributed by atoms with Gasteiger partial charge in [0.15, 0.2) is 0 Å². The van der Waals surface area contributed by atoms with Crippen molar-refractivity contribution in [2.24, 2.45) is 0 Å². The van der Waals surface area contributed by atoms with Gasteiger partial charge in [0.1, 0.15) is 5.75 Å². The molecule has 3 aromatic carbocycles. The van der Waals surface area contributed by atoms with Crippen LogP contribution in [0.4, 0.5) is 0 Å². The summed E-state index contributed by atoms with van der Waals surface area (Å²) in [5.74, 6) is 0.261. The first-order valence-electron chi connectivity index (χ1n) is 7.25. The number of phenolic OH excluding ortho intramolecular Hbond substituents is 1. The van der Waals surface area contributed by atoms with E-state index in [1.807, 2.05) is 42.5 Å². The fraction of sp³-hybridized carbons (Fsp3) is 0. The summed E-state index contributed by atoms with van der Waals surface area (Å²) in [5.41, 5.74) is 3.71. The summed E-state index contributed by atoms with van der Waals surface area (Å²) in [6.45, 7) is 0. The molecule has 1 aromatic heterocycles. The number of H-pyrrole nitrogens is 1. The number of benzene rings is 3. The third-order valence-electron chi connectivity index (χ3n) is 3.96. The van der Waals surface area contributed by atoms with Crippen molar-refractivity contribution < 1.29 is 5.11 Å². The second-order valence-electron chi connectivity index (χ2n) is 5.32. The van der Waals surface area contributed by atoms with Crippen LogP contribution in [0, 0.1) is 3.57 Å². The molecule has 0 aliphatic heterocycles. The number of aromatic amines is 1. The minimum Gasteiger partial charge on any atom is -0.507 e. The van der Waals surface area contributed by atoms with Crippen LogP contribution in [0.25, 0.3) is 33.2 Å². The number of nitrogens with one attached hydrogen (secondary N) is 1. The SMILES string of the molecule is Oc1ccc2ccccc2c1-c1cn[nH]c1-c1ccccc1I. The summed E-state index contributed by atoms with van der Waals surface area (Å²) in [6.07, 6.45) is 1.78. The predicted octanol–water partition coefficient (Wildman–Crippen LogP) is 5.21. The number of fused-ring (bicyclic) bond motifs is 1. The van der Waals surface area contributed by atoms with Gasteiger partial charge in [-0.25, -0.2) is 0 Å². The van der Waals surface area contributed by atoms with Gasteiger partial charge in [-0.15, -0.1) is 0 Å². The zero-order chi connectivity index (χ0) is 15.8. The van der Waals surface area contributed by atoms with Crippen LogP contribution in [-0.2, 0) is 0 Å². The van der Waals surface area contributed by atoms with Crippen LogP contribution >= 0.6 is 22.6 Å². The Morgan fingerprint density at radius 3 is 2.52 bits per heavy atom. The zero-order valence-electron chi connectivity index (χ0n) is 12.1. The summed E-state index contributed by atoms with van der Waals surface area (Å²) in [6, 6.07) is 19.9. The highest BCUT2D eigenvalue weighted by atomic mass is 127. The van der Waals surface area contributed by atoms with Crippen molar-refractivity contribution in [1.29, 1.82) is 0 Å². The third kappa shape index (κ3) is 2.39. The van der Waals surface area contributed by atoms with Crippen molar-refractivity contribution >= 4 is 33.4 Å². The van der Waals surface area contributed by atoms with Crippen LogP contribution in [0.1, 0.15) is 0 Å². The van der Waals surface area contributed by atoms with E-state index in [-0.39, 0.29) is 5.75 Å². The van der Waals surface area contributed by atoms with Gasteiger partial charge in [-0.2, -0.15) is 5.10 Å². The van der Waals surface area contributed by atoms with E-state index in [4.69, 9.17) is 0 Å². The van der Waals surface area contributed by atoms with E-state index in [0.29, 0.717) is 0 Å². The lowest BCUT2D eigenvalue weighted by Crippen LogP contribution is -1.88. The van der Waals surface area contributed by atoms with Crippen molar-refractivity contribution in [1.82, 2.24) is 10.2 Å². The highest BCUT2D eigenvalue weighted by molar-refractivity contribution is 14.1. The van der Waals surface area contributed by atoms with Gasteiger partial charge in [0, 0.05) is 20.3 Å².